The summed E-state index contributed by atoms with van der Waals surface area (Å²) in [5, 5.41) is 31.7. The van der Waals surface area contributed by atoms with Crippen LogP contribution in [0.2, 0.25) is 0 Å². The molecule has 0 bridgehead atoms. The number of rotatable bonds is 23. The number of hydrogen-bond donors (Lipinski definition) is 5. The Bertz CT molecular complexity index is 1690. The van der Waals surface area contributed by atoms with E-state index in [1.807, 2.05) is 30.2 Å². The SMILES string of the molecule is CCCCCCN(C(=O)[C@H](CCC)NC(=O)[C@@]1(C)CCCN1)[C@H](C[C@@H](OC(C)=O)c1cc(C2(N/C(=C\C(C)(C)C(=O)O)Cc3ccc(O)cc3)CO2)cs1)C(C)C. The van der Waals surface area contributed by atoms with Gasteiger partial charge in [-0.3, -0.25) is 19.2 Å². The Hall–Kier alpha value is -3.94. The van der Waals surface area contributed by atoms with Crippen molar-refractivity contribution >= 4 is 35.1 Å². The summed E-state index contributed by atoms with van der Waals surface area (Å²) >= 11 is 1.45. The van der Waals surface area contributed by atoms with Crippen molar-refractivity contribution in [2.45, 2.75) is 149 Å². The lowest BCUT2D eigenvalue weighted by Crippen LogP contribution is -2.59. The second kappa shape index (κ2) is 20.2. The fourth-order valence-electron chi connectivity index (χ4n) is 7.54. The number of carbonyl (C=O) groups is 4. The Kier molecular flexibility index (Phi) is 16.2. The molecule has 316 valence electrons. The van der Waals surface area contributed by atoms with Gasteiger partial charge in [0, 0.05) is 48.5 Å². The molecule has 1 unspecified atom stereocenters. The number of carbonyl (C=O) groups excluding carboxylic acids is 3. The van der Waals surface area contributed by atoms with Crippen molar-refractivity contribution in [1.29, 1.82) is 0 Å². The maximum atomic E-state index is 14.7. The summed E-state index contributed by atoms with van der Waals surface area (Å²) in [6.45, 7) is 16.5. The van der Waals surface area contributed by atoms with Crippen molar-refractivity contribution in [3.8, 4) is 5.75 Å². The van der Waals surface area contributed by atoms with E-state index in [9.17, 15) is 29.4 Å². The number of nitrogens with zero attached hydrogens (tertiary/aromatic N) is 1. The van der Waals surface area contributed by atoms with Crippen LogP contribution in [0.15, 0.2) is 47.5 Å². The molecule has 2 saturated heterocycles. The summed E-state index contributed by atoms with van der Waals surface area (Å²) in [4.78, 5) is 55.8. The van der Waals surface area contributed by atoms with E-state index in [2.05, 4.69) is 36.7 Å². The number of epoxide rings is 1. The van der Waals surface area contributed by atoms with Gasteiger partial charge in [-0.15, -0.1) is 11.3 Å². The van der Waals surface area contributed by atoms with E-state index in [1.54, 1.807) is 44.2 Å². The van der Waals surface area contributed by atoms with Crippen LogP contribution in [0.5, 0.6) is 5.75 Å². The van der Waals surface area contributed by atoms with Crippen LogP contribution in [0.1, 0.15) is 135 Å². The van der Waals surface area contributed by atoms with E-state index in [1.165, 1.54) is 18.3 Å². The minimum atomic E-state index is -1.18. The zero-order valence-electron chi connectivity index (χ0n) is 35.2. The lowest BCUT2D eigenvalue weighted by atomic mass is 9.91. The summed E-state index contributed by atoms with van der Waals surface area (Å²) in [6.07, 6.45) is 8.54. The zero-order chi connectivity index (χ0) is 42.0. The van der Waals surface area contributed by atoms with Crippen LogP contribution in [-0.2, 0) is 40.8 Å². The van der Waals surface area contributed by atoms with Crippen LogP contribution >= 0.6 is 11.3 Å². The highest BCUT2D eigenvalue weighted by Gasteiger charge is 2.49. The summed E-state index contributed by atoms with van der Waals surface area (Å²) in [5.41, 5.74) is -0.453. The first kappa shape index (κ1) is 45.8. The molecule has 1 aromatic heterocycles. The summed E-state index contributed by atoms with van der Waals surface area (Å²) < 4.78 is 12.1. The first-order valence-corrected chi connectivity index (χ1v) is 21.6. The number of phenols is 1. The van der Waals surface area contributed by atoms with Gasteiger partial charge in [0.15, 0.2) is 5.72 Å². The van der Waals surface area contributed by atoms with Crippen LogP contribution in [-0.4, -0.2) is 76.2 Å². The molecule has 57 heavy (non-hydrogen) atoms. The number of phenolic OH excluding ortho intramolecular Hbond substituents is 1. The van der Waals surface area contributed by atoms with Crippen LogP contribution in [0.25, 0.3) is 0 Å². The second-order valence-corrected chi connectivity index (χ2v) is 17.9. The molecule has 0 radical (unpaired) electrons. The quantitative estimate of drug-likeness (QED) is 0.0436. The molecule has 0 aliphatic carbocycles. The standard InChI is InChI=1S/C44H66N4O8S/c1-9-11-12-13-22-48(39(51)35(15-10-2)46-40(52)43(8)20-14-21-45-43)36(29(3)4)25-37(56-30(5)49)38-24-32(27-57-38)44(28-55-44)47-33(26-42(6,7)41(53)54)23-31-16-18-34(50)19-17-31/h16-19,24,26-27,29,35-37,45,47,50H,9-15,20-23,25,28H2,1-8H3,(H,46,52)(H,53,54)/b33-26-/t35-,36+,37+,43+,44?/m0/s1. The first-order chi connectivity index (χ1) is 26.9. The zero-order valence-corrected chi connectivity index (χ0v) is 36.1. The van der Waals surface area contributed by atoms with E-state index in [4.69, 9.17) is 9.47 Å². The van der Waals surface area contributed by atoms with Crippen molar-refractivity contribution in [3.05, 3.63) is 63.5 Å². The number of amides is 2. The van der Waals surface area contributed by atoms with Crippen LogP contribution in [0, 0.1) is 11.3 Å². The Balaban J connectivity index is 1.64. The molecule has 4 rings (SSSR count). The minimum Gasteiger partial charge on any atom is -0.508 e. The normalized spacial score (nSPS) is 21.1. The smallest absolute Gasteiger partial charge is 0.313 e. The van der Waals surface area contributed by atoms with E-state index in [-0.39, 0.29) is 29.5 Å². The van der Waals surface area contributed by atoms with Gasteiger partial charge in [0.2, 0.25) is 11.8 Å². The second-order valence-electron chi connectivity index (χ2n) is 16.9. The van der Waals surface area contributed by atoms with Crippen molar-refractivity contribution in [3.63, 3.8) is 0 Å². The van der Waals surface area contributed by atoms with Gasteiger partial charge in [-0.05, 0) is 94.1 Å². The number of carboxylic acid groups (broad SMARTS) is 1. The molecule has 1 aromatic carbocycles. The molecule has 0 saturated carbocycles. The Morgan fingerprint density at radius 2 is 1.81 bits per heavy atom. The summed E-state index contributed by atoms with van der Waals surface area (Å²) in [5.74, 6) is -1.52. The van der Waals surface area contributed by atoms with E-state index < -0.39 is 40.8 Å². The highest BCUT2D eigenvalue weighted by molar-refractivity contribution is 7.10. The van der Waals surface area contributed by atoms with Gasteiger partial charge in [-0.25, -0.2) is 0 Å². The van der Waals surface area contributed by atoms with E-state index >= 15 is 0 Å². The average Bonchev–Trinajstić information content (AvgIpc) is 3.50. The molecule has 2 amide bonds. The third-order valence-corrected chi connectivity index (χ3v) is 12.2. The summed E-state index contributed by atoms with van der Waals surface area (Å²) in [6, 6.07) is 7.77. The fourth-order valence-corrected chi connectivity index (χ4v) is 8.55. The number of benzene rings is 1. The molecular formula is C44H66N4O8S. The molecule has 2 aliphatic heterocycles. The van der Waals surface area contributed by atoms with Crippen LogP contribution in [0.4, 0.5) is 0 Å². The number of thiophene rings is 1. The van der Waals surface area contributed by atoms with Gasteiger partial charge in [-0.2, -0.15) is 0 Å². The van der Waals surface area contributed by atoms with Crippen molar-refractivity contribution < 1.29 is 38.9 Å². The van der Waals surface area contributed by atoms with E-state index in [0.29, 0.717) is 44.5 Å². The molecule has 5 atom stereocenters. The van der Waals surface area contributed by atoms with Crippen molar-refractivity contribution in [2.24, 2.45) is 11.3 Å². The van der Waals surface area contributed by atoms with Crippen molar-refractivity contribution in [1.82, 2.24) is 20.9 Å². The van der Waals surface area contributed by atoms with Crippen LogP contribution in [0.3, 0.4) is 0 Å². The van der Waals surface area contributed by atoms with E-state index in [0.717, 1.165) is 61.1 Å². The number of unbranched alkanes of at least 4 members (excludes halogenated alkanes) is 3. The predicted molar refractivity (Wildman–Crippen MR) is 222 cm³/mol. The maximum absolute atomic E-state index is 14.7. The number of nitrogens with one attached hydrogen (secondary N) is 3. The summed E-state index contributed by atoms with van der Waals surface area (Å²) in [7, 11) is 0. The molecular weight excluding hydrogens is 745 g/mol. The molecule has 13 heteroatoms. The third-order valence-electron chi connectivity index (χ3n) is 11.1. The van der Waals surface area contributed by atoms with Crippen molar-refractivity contribution in [2.75, 3.05) is 19.7 Å². The number of hydrogen-bond acceptors (Lipinski definition) is 10. The predicted octanol–water partition coefficient (Wildman–Crippen LogP) is 7.32. The molecule has 2 aliphatic rings. The third kappa shape index (κ3) is 12.5. The molecule has 3 heterocycles. The van der Waals surface area contributed by atoms with Gasteiger partial charge >= 0.3 is 11.9 Å². The first-order valence-electron chi connectivity index (χ1n) is 20.7. The number of esters is 1. The lowest BCUT2D eigenvalue weighted by Gasteiger charge is -2.39. The largest absolute Gasteiger partial charge is 0.508 e. The Morgan fingerprint density at radius 1 is 1.11 bits per heavy atom. The number of carboxylic acids is 1. The monoisotopic (exact) mass is 810 g/mol. The van der Waals surface area contributed by atoms with Gasteiger partial charge in [-0.1, -0.05) is 65.5 Å². The molecule has 2 aromatic rings. The van der Waals surface area contributed by atoms with Gasteiger partial charge < -0.3 is 40.5 Å². The highest BCUT2D eigenvalue weighted by atomic mass is 32.1. The number of ether oxygens (including phenoxy) is 2. The minimum absolute atomic E-state index is 0.00886. The number of aliphatic carboxylic acids is 1. The van der Waals surface area contributed by atoms with Gasteiger partial charge in [0.05, 0.1) is 11.0 Å². The van der Waals surface area contributed by atoms with Crippen LogP contribution < -0.4 is 16.0 Å². The van der Waals surface area contributed by atoms with Gasteiger partial charge in [0.1, 0.15) is 24.5 Å². The van der Waals surface area contributed by atoms with Gasteiger partial charge in [0.25, 0.3) is 0 Å². The number of allylic oxidation sites excluding steroid dienone is 1. The Labute approximate surface area is 343 Å². The molecule has 0 spiro atoms. The fraction of sp³-hybridized carbons (Fsp3) is 0.636. The Morgan fingerprint density at radius 3 is 2.37 bits per heavy atom. The highest BCUT2D eigenvalue weighted by Crippen LogP contribution is 2.42. The molecule has 12 nitrogen and oxygen atoms in total. The molecule has 5 N–H and O–H groups in total. The lowest BCUT2D eigenvalue weighted by molar-refractivity contribution is -0.149. The molecule has 2 fully saturated rings. The maximum Gasteiger partial charge on any atom is 0.313 e. The number of aromatic hydroxyl groups is 1. The topological polar surface area (TPSA) is 170 Å². The average molecular weight is 811 g/mol.